The van der Waals surface area contributed by atoms with Gasteiger partial charge < -0.3 is 9.39 Å². The zero-order chi connectivity index (χ0) is 20.0. The molecule has 2 aliphatic heterocycles. The largest absolute Gasteiger partial charge is 0.772 e. The molecule has 0 spiro atoms. The second-order valence-corrected chi connectivity index (χ2v) is 7.90. The number of ketones is 1. The van der Waals surface area contributed by atoms with Gasteiger partial charge in [0.2, 0.25) is 0 Å². The van der Waals surface area contributed by atoms with Crippen LogP contribution in [0.5, 0.6) is 0 Å². The molecule has 2 atom stereocenters. The summed E-state index contributed by atoms with van der Waals surface area (Å²) >= 11 is -2.73. The molecule has 0 radical (unpaired) electrons. The number of imide groups is 1. The maximum Gasteiger partial charge on any atom is 0.333 e. The van der Waals surface area contributed by atoms with Crippen LogP contribution in [0, 0.1) is 0 Å². The van der Waals surface area contributed by atoms with Crippen LogP contribution in [0.4, 0.5) is 0 Å². The van der Waals surface area contributed by atoms with Crippen LogP contribution in [-0.4, -0.2) is 48.3 Å². The van der Waals surface area contributed by atoms with Gasteiger partial charge in [-0.05, 0) is 30.8 Å². The lowest BCUT2D eigenvalue weighted by atomic mass is 10.0. The number of hydrogen-bond acceptors (Lipinski definition) is 9. The highest BCUT2D eigenvalue weighted by molar-refractivity contribution is 7.80. The van der Waals surface area contributed by atoms with Gasteiger partial charge in [0.25, 0.3) is 11.8 Å². The van der Waals surface area contributed by atoms with Crippen molar-refractivity contribution >= 4 is 34.6 Å². The maximum atomic E-state index is 11.7. The lowest BCUT2D eigenvalue weighted by Crippen LogP contribution is -2.35. The van der Waals surface area contributed by atoms with Crippen LogP contribution in [0.15, 0.2) is 10.2 Å². The summed E-state index contributed by atoms with van der Waals surface area (Å²) in [6.07, 6.45) is 3.73. The first-order valence-electron chi connectivity index (χ1n) is 8.83. The second-order valence-electron chi connectivity index (χ2n) is 6.81. The van der Waals surface area contributed by atoms with Crippen LogP contribution in [0.3, 0.4) is 0 Å². The first kappa shape index (κ1) is 21.3. The number of carbonyl (C=O) groups excluding carboxylic acids is 4. The monoisotopic (exact) mass is 400 g/mol. The molecular formula is C16H22N3O7S-. The predicted molar refractivity (Wildman–Crippen MR) is 90.5 cm³/mol. The minimum absolute atomic E-state index is 0.00248. The molecule has 2 heterocycles. The summed E-state index contributed by atoms with van der Waals surface area (Å²) in [6.45, 7) is 1.88. The van der Waals surface area contributed by atoms with Crippen molar-refractivity contribution < 1.29 is 32.8 Å². The molecule has 1 saturated heterocycles. The molecule has 0 aliphatic carbocycles. The zero-order valence-electron chi connectivity index (χ0n) is 15.0. The Balaban J connectivity index is 1.53. The smallest absolute Gasteiger partial charge is 0.333 e. The van der Waals surface area contributed by atoms with Crippen molar-refractivity contribution in [3.8, 4) is 0 Å². The Labute approximate surface area is 158 Å². The van der Waals surface area contributed by atoms with Crippen LogP contribution in [-0.2, 0) is 35.1 Å². The molecule has 1 fully saturated rings. The van der Waals surface area contributed by atoms with E-state index in [2.05, 4.69) is 15.1 Å². The fourth-order valence-electron chi connectivity index (χ4n) is 2.61. The maximum absolute atomic E-state index is 11.7. The SMILES string of the molecule is CC1(CCC(=O)CCCCCCC(=O)ON2C(=O)CC(S(=O)[O-])C2=O)N=N1. The predicted octanol–water partition coefficient (Wildman–Crippen LogP) is 1.32. The van der Waals surface area contributed by atoms with Crippen LogP contribution in [0.25, 0.3) is 0 Å². The summed E-state index contributed by atoms with van der Waals surface area (Å²) in [5.74, 6) is -2.48. The Morgan fingerprint density at radius 2 is 1.81 bits per heavy atom. The molecular weight excluding hydrogens is 378 g/mol. The third-order valence-corrected chi connectivity index (χ3v) is 5.23. The third kappa shape index (κ3) is 6.58. The molecule has 0 N–H and O–H groups in total. The second kappa shape index (κ2) is 9.27. The number of amides is 2. The van der Waals surface area contributed by atoms with Crippen molar-refractivity contribution in [2.75, 3.05) is 0 Å². The van der Waals surface area contributed by atoms with Crippen LogP contribution in [0.1, 0.15) is 64.7 Å². The zero-order valence-corrected chi connectivity index (χ0v) is 15.9. The number of Topliss-reactive ketones (excluding diaryl/α,β-unsaturated/α-hetero) is 1. The number of hydroxylamine groups is 2. The van der Waals surface area contributed by atoms with E-state index in [1.165, 1.54) is 0 Å². The van der Waals surface area contributed by atoms with Crippen LogP contribution in [0.2, 0.25) is 0 Å². The highest BCUT2D eigenvalue weighted by Gasteiger charge is 2.42. The molecule has 0 aromatic heterocycles. The average Bonchev–Trinajstić information content (AvgIpc) is 3.28. The molecule has 27 heavy (non-hydrogen) atoms. The Kier molecular flexibility index (Phi) is 7.31. The van der Waals surface area contributed by atoms with Gasteiger partial charge in [-0.2, -0.15) is 10.2 Å². The number of carbonyl (C=O) groups is 4. The van der Waals surface area contributed by atoms with Crippen molar-refractivity contribution in [3.63, 3.8) is 0 Å². The fraction of sp³-hybridized carbons (Fsp3) is 0.750. The summed E-state index contributed by atoms with van der Waals surface area (Å²) in [6, 6.07) is 0. The van der Waals surface area contributed by atoms with Crippen LogP contribution < -0.4 is 0 Å². The van der Waals surface area contributed by atoms with Crippen molar-refractivity contribution in [3.05, 3.63) is 0 Å². The summed E-state index contributed by atoms with van der Waals surface area (Å²) in [5, 5.41) is 6.45. The van der Waals surface area contributed by atoms with E-state index >= 15 is 0 Å². The van der Waals surface area contributed by atoms with Gasteiger partial charge in [0.1, 0.15) is 11.0 Å². The summed E-state index contributed by atoms with van der Waals surface area (Å²) < 4.78 is 21.7. The molecule has 0 bridgehead atoms. The van der Waals surface area contributed by atoms with Gasteiger partial charge in [-0.25, -0.2) is 4.79 Å². The van der Waals surface area contributed by atoms with E-state index < -0.39 is 40.5 Å². The Morgan fingerprint density at radius 3 is 2.37 bits per heavy atom. The van der Waals surface area contributed by atoms with Gasteiger partial charge >= 0.3 is 5.97 Å². The molecule has 0 aromatic rings. The van der Waals surface area contributed by atoms with E-state index in [0.29, 0.717) is 32.1 Å². The number of hydrogen-bond donors (Lipinski definition) is 0. The third-order valence-electron chi connectivity index (χ3n) is 4.39. The first-order valence-corrected chi connectivity index (χ1v) is 9.97. The van der Waals surface area contributed by atoms with Gasteiger partial charge in [0.15, 0.2) is 5.66 Å². The van der Waals surface area contributed by atoms with E-state index in [1.807, 2.05) is 6.92 Å². The van der Waals surface area contributed by atoms with E-state index in [4.69, 9.17) is 0 Å². The fourth-order valence-corrected chi connectivity index (χ4v) is 3.15. The highest BCUT2D eigenvalue weighted by atomic mass is 32.2. The first-order chi connectivity index (χ1) is 12.7. The van der Waals surface area contributed by atoms with E-state index in [1.54, 1.807) is 0 Å². The molecule has 0 aromatic carbocycles. The summed E-state index contributed by atoms with van der Waals surface area (Å²) in [4.78, 5) is 51.3. The summed E-state index contributed by atoms with van der Waals surface area (Å²) in [5.41, 5.74) is -0.350. The molecule has 2 rings (SSSR count). The van der Waals surface area contributed by atoms with Gasteiger partial charge in [-0.1, -0.05) is 12.8 Å². The van der Waals surface area contributed by atoms with Crippen molar-refractivity contribution in [1.29, 1.82) is 0 Å². The van der Waals surface area contributed by atoms with Gasteiger partial charge in [-0.3, -0.25) is 18.6 Å². The minimum atomic E-state index is -2.73. The molecule has 11 heteroatoms. The Bertz CT molecular complexity index is 673. The molecule has 2 aliphatic rings. The van der Waals surface area contributed by atoms with Crippen LogP contribution >= 0.6 is 0 Å². The minimum Gasteiger partial charge on any atom is -0.772 e. The molecule has 0 saturated carbocycles. The summed E-state index contributed by atoms with van der Waals surface area (Å²) in [7, 11) is 0. The standard InChI is InChI=1S/C16H23N3O7S/c1-16(17-18-16)9-8-11(20)6-4-2-3-5-7-14(22)26-19-13(21)10-12(15(19)23)27(24)25/h12H,2-10H2,1H3,(H,24,25)/p-1. The van der Waals surface area contributed by atoms with Gasteiger partial charge in [0.05, 0.1) is 6.42 Å². The van der Waals surface area contributed by atoms with Crippen molar-refractivity contribution in [2.24, 2.45) is 10.2 Å². The van der Waals surface area contributed by atoms with Gasteiger partial charge in [-0.15, -0.1) is 5.06 Å². The Hall–Kier alpha value is -2.01. The highest BCUT2D eigenvalue weighted by Crippen LogP contribution is 2.32. The lowest BCUT2D eigenvalue weighted by Gasteiger charge is -2.14. The lowest BCUT2D eigenvalue weighted by molar-refractivity contribution is -0.197. The number of nitrogens with zero attached hydrogens (tertiary/aromatic N) is 3. The van der Waals surface area contributed by atoms with Gasteiger partial charge in [0, 0.05) is 25.7 Å². The number of rotatable bonds is 12. The average molecular weight is 400 g/mol. The Morgan fingerprint density at radius 1 is 1.19 bits per heavy atom. The molecule has 2 unspecified atom stereocenters. The van der Waals surface area contributed by atoms with Crippen molar-refractivity contribution in [1.82, 2.24) is 5.06 Å². The van der Waals surface area contributed by atoms with Crippen molar-refractivity contribution in [2.45, 2.75) is 75.6 Å². The van der Waals surface area contributed by atoms with E-state index in [0.717, 1.165) is 12.8 Å². The normalized spacial score (nSPS) is 21.4. The molecule has 2 amide bonds. The number of unbranched alkanes of at least 4 members (excludes halogenated alkanes) is 3. The van der Waals surface area contributed by atoms with E-state index in [9.17, 15) is 27.9 Å². The molecule has 150 valence electrons. The van der Waals surface area contributed by atoms with E-state index in [-0.39, 0.29) is 22.9 Å². The quantitative estimate of drug-likeness (QED) is 0.273. The topological polar surface area (TPSA) is 146 Å². The molecule has 10 nitrogen and oxygen atoms in total.